The van der Waals surface area contributed by atoms with Crippen LogP contribution in [-0.4, -0.2) is 11.8 Å². The summed E-state index contributed by atoms with van der Waals surface area (Å²) in [5.41, 5.74) is 1.37. The number of benzene rings is 1. The molecular weight excluding hydrogens is 226 g/mol. The van der Waals surface area contributed by atoms with Crippen molar-refractivity contribution in [3.8, 4) is 0 Å². The Balaban J connectivity index is 2.39. The van der Waals surface area contributed by atoms with Gasteiger partial charge in [0.1, 0.15) is 0 Å². The van der Waals surface area contributed by atoms with Gasteiger partial charge in [-0.05, 0) is 36.6 Å². The molecule has 0 aromatic heterocycles. The van der Waals surface area contributed by atoms with Gasteiger partial charge < -0.3 is 5.32 Å². The summed E-state index contributed by atoms with van der Waals surface area (Å²) in [5, 5.41) is 4.17. The van der Waals surface area contributed by atoms with Crippen molar-refractivity contribution in [1.82, 2.24) is 5.32 Å². The molecule has 0 heterocycles. The first-order valence-corrected chi connectivity index (χ1v) is 7.46. The first-order chi connectivity index (χ1) is 8.11. The van der Waals surface area contributed by atoms with E-state index in [4.69, 9.17) is 0 Å². The summed E-state index contributed by atoms with van der Waals surface area (Å²) in [6.45, 7) is 11.1. The van der Waals surface area contributed by atoms with Crippen molar-refractivity contribution in [2.75, 3.05) is 6.54 Å². The van der Waals surface area contributed by atoms with Crippen LogP contribution < -0.4 is 5.32 Å². The van der Waals surface area contributed by atoms with Gasteiger partial charge in [-0.1, -0.05) is 39.8 Å². The van der Waals surface area contributed by atoms with Gasteiger partial charge in [-0.2, -0.15) is 0 Å². The highest BCUT2D eigenvalue weighted by Crippen LogP contribution is 2.24. The molecule has 0 saturated heterocycles. The lowest BCUT2D eigenvalue weighted by Crippen LogP contribution is -2.18. The number of hydrogen-bond donors (Lipinski definition) is 1. The second kappa shape index (κ2) is 7.78. The summed E-state index contributed by atoms with van der Waals surface area (Å²) in [6.07, 6.45) is 1.22. The molecule has 0 saturated carbocycles. The molecule has 1 aromatic rings. The summed E-state index contributed by atoms with van der Waals surface area (Å²) in [6, 6.07) is 8.95. The molecule has 0 bridgehead atoms. The predicted octanol–water partition coefficient (Wildman–Crippen LogP) is 4.32. The highest BCUT2D eigenvalue weighted by atomic mass is 32.2. The van der Waals surface area contributed by atoms with E-state index in [9.17, 15) is 0 Å². The minimum atomic E-state index is 0.708. The van der Waals surface area contributed by atoms with Crippen LogP contribution in [0.25, 0.3) is 0 Å². The van der Waals surface area contributed by atoms with Crippen LogP contribution >= 0.6 is 11.8 Å². The van der Waals surface area contributed by atoms with Crippen molar-refractivity contribution in [3.63, 3.8) is 0 Å². The maximum absolute atomic E-state index is 3.47. The SMILES string of the molecule is CCC(C)Sc1ccc(CNCC(C)C)cc1. The van der Waals surface area contributed by atoms with Gasteiger partial charge in [-0.15, -0.1) is 11.8 Å². The molecule has 1 rings (SSSR count). The zero-order chi connectivity index (χ0) is 12.7. The van der Waals surface area contributed by atoms with E-state index < -0.39 is 0 Å². The normalized spacial score (nSPS) is 13.0. The van der Waals surface area contributed by atoms with Crippen LogP contribution in [0, 0.1) is 5.92 Å². The van der Waals surface area contributed by atoms with E-state index in [1.165, 1.54) is 16.9 Å². The average molecular weight is 251 g/mol. The number of thioether (sulfide) groups is 1. The van der Waals surface area contributed by atoms with Gasteiger partial charge >= 0.3 is 0 Å². The highest BCUT2D eigenvalue weighted by molar-refractivity contribution is 7.99. The lowest BCUT2D eigenvalue weighted by atomic mass is 10.2. The standard InChI is InChI=1S/C15H25NS/c1-5-13(4)17-15-8-6-14(7-9-15)11-16-10-12(2)3/h6-9,12-13,16H,5,10-11H2,1-4H3. The first kappa shape index (κ1) is 14.6. The van der Waals surface area contributed by atoms with Crippen LogP contribution in [-0.2, 0) is 6.54 Å². The average Bonchev–Trinajstić information content (AvgIpc) is 2.31. The fraction of sp³-hybridized carbons (Fsp3) is 0.600. The Hall–Kier alpha value is -0.470. The molecule has 1 unspecified atom stereocenters. The minimum absolute atomic E-state index is 0.708. The van der Waals surface area contributed by atoms with E-state index in [0.717, 1.165) is 19.0 Å². The fourth-order valence-electron chi connectivity index (χ4n) is 1.51. The van der Waals surface area contributed by atoms with Gasteiger partial charge in [-0.3, -0.25) is 0 Å². The van der Waals surface area contributed by atoms with Gasteiger partial charge in [0.15, 0.2) is 0 Å². The second-order valence-corrected chi connectivity index (χ2v) is 6.52. The summed E-state index contributed by atoms with van der Waals surface area (Å²) < 4.78 is 0. The molecule has 1 N–H and O–H groups in total. The zero-order valence-electron chi connectivity index (χ0n) is 11.5. The molecule has 96 valence electrons. The molecule has 0 fully saturated rings. The molecule has 1 aromatic carbocycles. The lowest BCUT2D eigenvalue weighted by molar-refractivity contribution is 0.552. The Morgan fingerprint density at radius 1 is 1.12 bits per heavy atom. The molecule has 1 atom stereocenters. The monoisotopic (exact) mass is 251 g/mol. The van der Waals surface area contributed by atoms with Crippen molar-refractivity contribution in [3.05, 3.63) is 29.8 Å². The summed E-state index contributed by atoms with van der Waals surface area (Å²) >= 11 is 1.96. The van der Waals surface area contributed by atoms with Gasteiger partial charge in [0.05, 0.1) is 0 Å². The van der Waals surface area contributed by atoms with E-state index in [-0.39, 0.29) is 0 Å². The molecule has 0 amide bonds. The molecule has 1 nitrogen and oxygen atoms in total. The maximum Gasteiger partial charge on any atom is 0.0205 e. The number of nitrogens with one attached hydrogen (secondary N) is 1. The van der Waals surface area contributed by atoms with Crippen molar-refractivity contribution >= 4 is 11.8 Å². The third kappa shape index (κ3) is 6.13. The van der Waals surface area contributed by atoms with Crippen molar-refractivity contribution < 1.29 is 0 Å². The lowest BCUT2D eigenvalue weighted by Gasteiger charge is -2.10. The van der Waals surface area contributed by atoms with Crippen LogP contribution in [0.4, 0.5) is 0 Å². The second-order valence-electron chi connectivity index (χ2n) is 5.01. The van der Waals surface area contributed by atoms with Crippen LogP contribution in [0.15, 0.2) is 29.2 Å². The third-order valence-corrected chi connectivity index (χ3v) is 4.00. The van der Waals surface area contributed by atoms with E-state index in [0.29, 0.717) is 5.25 Å². The van der Waals surface area contributed by atoms with Crippen molar-refractivity contribution in [2.24, 2.45) is 5.92 Å². The number of hydrogen-bond acceptors (Lipinski definition) is 2. The molecule has 0 radical (unpaired) electrons. The Morgan fingerprint density at radius 3 is 2.29 bits per heavy atom. The first-order valence-electron chi connectivity index (χ1n) is 6.58. The molecule has 0 aliphatic heterocycles. The summed E-state index contributed by atoms with van der Waals surface area (Å²) in [4.78, 5) is 1.38. The largest absolute Gasteiger partial charge is 0.312 e. The van der Waals surface area contributed by atoms with E-state index in [1.807, 2.05) is 11.8 Å². The quantitative estimate of drug-likeness (QED) is 0.724. The highest BCUT2D eigenvalue weighted by Gasteiger charge is 2.01. The van der Waals surface area contributed by atoms with Gasteiger partial charge in [0, 0.05) is 16.7 Å². The smallest absolute Gasteiger partial charge is 0.0205 e. The molecule has 17 heavy (non-hydrogen) atoms. The van der Waals surface area contributed by atoms with Crippen molar-refractivity contribution in [1.29, 1.82) is 0 Å². The Bertz CT molecular complexity index is 305. The van der Waals surface area contributed by atoms with Gasteiger partial charge in [-0.25, -0.2) is 0 Å². The molecule has 0 aliphatic carbocycles. The number of rotatable bonds is 7. The van der Waals surface area contributed by atoms with Crippen LogP contribution in [0.3, 0.4) is 0 Å². The Kier molecular flexibility index (Phi) is 6.68. The molecular formula is C15H25NS. The van der Waals surface area contributed by atoms with Crippen LogP contribution in [0.1, 0.15) is 39.7 Å². The third-order valence-electron chi connectivity index (χ3n) is 2.72. The predicted molar refractivity (Wildman–Crippen MR) is 78.6 cm³/mol. The van der Waals surface area contributed by atoms with Crippen molar-refractivity contribution in [2.45, 2.75) is 50.8 Å². The Labute approximate surface area is 110 Å². The zero-order valence-corrected chi connectivity index (χ0v) is 12.3. The van der Waals surface area contributed by atoms with Gasteiger partial charge in [0.25, 0.3) is 0 Å². The summed E-state index contributed by atoms with van der Waals surface area (Å²) in [5.74, 6) is 0.718. The molecule has 0 aliphatic rings. The Morgan fingerprint density at radius 2 is 1.76 bits per heavy atom. The maximum atomic E-state index is 3.47. The molecule has 2 heteroatoms. The van der Waals surface area contributed by atoms with Crippen LogP contribution in [0.2, 0.25) is 0 Å². The minimum Gasteiger partial charge on any atom is -0.312 e. The summed E-state index contributed by atoms with van der Waals surface area (Å²) in [7, 11) is 0. The molecule has 0 spiro atoms. The fourth-order valence-corrected chi connectivity index (χ4v) is 2.43. The topological polar surface area (TPSA) is 12.0 Å². The van der Waals surface area contributed by atoms with Crippen LogP contribution in [0.5, 0.6) is 0 Å². The van der Waals surface area contributed by atoms with E-state index in [1.54, 1.807) is 0 Å². The van der Waals surface area contributed by atoms with Gasteiger partial charge in [0.2, 0.25) is 0 Å². The van der Waals surface area contributed by atoms with E-state index >= 15 is 0 Å². The van der Waals surface area contributed by atoms with E-state index in [2.05, 4.69) is 57.3 Å².